The van der Waals surface area contributed by atoms with Crippen molar-refractivity contribution in [2.45, 2.75) is 75.5 Å². The summed E-state index contributed by atoms with van der Waals surface area (Å²) in [5, 5.41) is 16.2. The minimum Gasteiger partial charge on any atom is -0.321 e. The number of halogens is 3. The highest BCUT2D eigenvalue weighted by Gasteiger charge is 2.46. The molecule has 7 rings (SSSR count). The van der Waals surface area contributed by atoms with E-state index in [1.54, 1.807) is 6.33 Å². The molecule has 43 heavy (non-hydrogen) atoms. The Morgan fingerprint density at radius 1 is 1.16 bits per heavy atom. The highest BCUT2D eigenvalue weighted by Crippen LogP contribution is 2.50. The number of nitrogens with zero attached hydrogens (tertiary/aromatic N) is 6. The van der Waals surface area contributed by atoms with E-state index in [2.05, 4.69) is 22.3 Å². The number of carbonyl (C=O) groups excluding carboxylic acids is 1. The van der Waals surface area contributed by atoms with Gasteiger partial charge in [-0.3, -0.25) is 14.7 Å². The van der Waals surface area contributed by atoms with Gasteiger partial charge in [-0.15, -0.1) is 10.2 Å². The summed E-state index contributed by atoms with van der Waals surface area (Å²) in [6.45, 7) is 1.34. The number of benzene rings is 1. The summed E-state index contributed by atoms with van der Waals surface area (Å²) in [6, 6.07) is 10.00. The molecule has 1 atom stereocenters. The number of carbonyl (C=O) groups is 1. The number of aromatic nitrogens is 4. The molecule has 0 bridgehead atoms. The van der Waals surface area contributed by atoms with Crippen molar-refractivity contribution in [3.05, 3.63) is 70.6 Å². The molecule has 1 saturated heterocycles. The third-order valence-electron chi connectivity index (χ3n) is 9.93. The zero-order chi connectivity index (χ0) is 29.9. The fraction of sp³-hybridized carbons (Fsp3) is 0.531. The van der Waals surface area contributed by atoms with Crippen LogP contribution in [-0.2, 0) is 32.0 Å². The molecule has 2 aliphatic heterocycles. The van der Waals surface area contributed by atoms with E-state index < -0.39 is 12.1 Å². The SMILES string of the molecule is Cn1cnnc1C[C@]1(c2cccc(N3Cc4c(cc(CN5CCC[C@H](C(F)(F)F)C5)nc4C4CC4)C3=O)c2)C[C@H](C=N)C1. The minimum atomic E-state index is -4.19. The fourth-order valence-electron chi connectivity index (χ4n) is 7.38. The van der Waals surface area contributed by atoms with Gasteiger partial charge in [0, 0.05) is 60.4 Å². The van der Waals surface area contributed by atoms with Gasteiger partial charge in [0.15, 0.2) is 0 Å². The van der Waals surface area contributed by atoms with E-state index in [0.29, 0.717) is 49.7 Å². The molecule has 3 fully saturated rings. The zero-order valence-corrected chi connectivity index (χ0v) is 24.3. The van der Waals surface area contributed by atoms with Crippen molar-refractivity contribution in [3.8, 4) is 0 Å². The maximum absolute atomic E-state index is 13.9. The highest BCUT2D eigenvalue weighted by atomic mass is 19.4. The predicted octanol–water partition coefficient (Wildman–Crippen LogP) is 5.56. The molecule has 2 aromatic heterocycles. The number of fused-ring (bicyclic) bond motifs is 1. The van der Waals surface area contributed by atoms with Crippen molar-refractivity contribution in [2.75, 3.05) is 18.0 Å². The van der Waals surface area contributed by atoms with Gasteiger partial charge in [0.25, 0.3) is 5.91 Å². The summed E-state index contributed by atoms with van der Waals surface area (Å²) in [5.74, 6) is 0.00962. The molecule has 1 aromatic carbocycles. The molecule has 4 aliphatic rings. The Morgan fingerprint density at radius 3 is 2.67 bits per heavy atom. The molecule has 2 aliphatic carbocycles. The van der Waals surface area contributed by atoms with Gasteiger partial charge < -0.3 is 14.9 Å². The van der Waals surface area contributed by atoms with Crippen LogP contribution in [0.4, 0.5) is 18.9 Å². The number of alkyl halides is 3. The summed E-state index contributed by atoms with van der Waals surface area (Å²) in [6.07, 6.45) is 4.12. The Bertz CT molecular complexity index is 1560. The van der Waals surface area contributed by atoms with Crippen LogP contribution in [0.3, 0.4) is 0 Å². The lowest BCUT2D eigenvalue weighted by atomic mass is 9.57. The summed E-state index contributed by atoms with van der Waals surface area (Å²) < 4.78 is 42.2. The predicted molar refractivity (Wildman–Crippen MR) is 155 cm³/mol. The number of amides is 1. The molecule has 3 aromatic rings. The van der Waals surface area contributed by atoms with E-state index in [9.17, 15) is 18.0 Å². The number of nitrogens with one attached hydrogen (secondary N) is 1. The monoisotopic (exact) mass is 591 g/mol. The van der Waals surface area contributed by atoms with E-state index in [4.69, 9.17) is 10.4 Å². The first-order valence-electron chi connectivity index (χ1n) is 15.2. The molecule has 2 saturated carbocycles. The third kappa shape index (κ3) is 5.25. The Kier molecular flexibility index (Phi) is 6.91. The van der Waals surface area contributed by atoms with Gasteiger partial charge >= 0.3 is 6.18 Å². The average Bonchev–Trinajstić information content (AvgIpc) is 3.66. The van der Waals surface area contributed by atoms with Gasteiger partial charge in [0.2, 0.25) is 0 Å². The van der Waals surface area contributed by atoms with E-state index >= 15 is 0 Å². The lowest BCUT2D eigenvalue weighted by Crippen LogP contribution is -2.44. The van der Waals surface area contributed by atoms with Crippen LogP contribution in [-0.4, -0.2) is 56.0 Å². The van der Waals surface area contributed by atoms with Gasteiger partial charge in [0.05, 0.1) is 18.2 Å². The molecular formula is C32H36F3N7O. The number of piperidine rings is 1. The second-order valence-electron chi connectivity index (χ2n) is 13.0. The molecule has 226 valence electrons. The molecule has 0 radical (unpaired) electrons. The maximum atomic E-state index is 13.9. The normalized spacial score (nSPS) is 26.0. The van der Waals surface area contributed by atoms with Crippen molar-refractivity contribution in [1.29, 1.82) is 5.41 Å². The summed E-state index contributed by atoms with van der Waals surface area (Å²) in [7, 11) is 1.94. The van der Waals surface area contributed by atoms with Crippen molar-refractivity contribution in [1.82, 2.24) is 24.6 Å². The number of rotatable bonds is 8. The molecule has 1 amide bonds. The Labute approximate surface area is 248 Å². The lowest BCUT2D eigenvalue weighted by Gasteiger charge is -2.47. The van der Waals surface area contributed by atoms with Crippen LogP contribution < -0.4 is 4.90 Å². The number of aryl methyl sites for hydroxylation is 1. The van der Waals surface area contributed by atoms with Gasteiger partial charge in [0.1, 0.15) is 12.2 Å². The fourth-order valence-corrected chi connectivity index (χ4v) is 7.38. The number of hydrogen-bond acceptors (Lipinski definition) is 6. The van der Waals surface area contributed by atoms with E-state index in [1.807, 2.05) is 39.6 Å². The highest BCUT2D eigenvalue weighted by molar-refractivity contribution is 6.10. The van der Waals surface area contributed by atoms with Gasteiger partial charge in [-0.1, -0.05) is 12.1 Å². The van der Waals surface area contributed by atoms with Crippen LogP contribution in [0.5, 0.6) is 0 Å². The summed E-state index contributed by atoms with van der Waals surface area (Å²) >= 11 is 0. The van der Waals surface area contributed by atoms with Crippen molar-refractivity contribution in [2.24, 2.45) is 18.9 Å². The standard InChI is InChI=1S/C32H36F3N7O/c1-40-19-37-39-28(40)14-31(12-20(13-31)15-36)22-4-2-6-25(10-22)42-18-27-26(30(42)43)11-24(38-29(27)21-7-8-21)17-41-9-3-5-23(16-41)32(33,34)35/h2,4,6,10-11,15,19-21,23,36H,3,5,7-9,12-14,16-18H2,1H3/t20-,23-,31-/m0/s1. The van der Waals surface area contributed by atoms with Crippen LogP contribution in [0.15, 0.2) is 36.7 Å². The largest absolute Gasteiger partial charge is 0.393 e. The van der Waals surface area contributed by atoms with Crippen LogP contribution in [0.1, 0.15) is 83.1 Å². The number of likely N-dealkylation sites (tertiary alicyclic amines) is 1. The summed E-state index contributed by atoms with van der Waals surface area (Å²) in [4.78, 5) is 22.6. The third-order valence-corrected chi connectivity index (χ3v) is 9.93. The molecule has 0 spiro atoms. The van der Waals surface area contributed by atoms with Crippen molar-refractivity contribution >= 4 is 17.8 Å². The van der Waals surface area contributed by atoms with Crippen LogP contribution in [0, 0.1) is 17.2 Å². The minimum absolute atomic E-state index is 0.0250. The van der Waals surface area contributed by atoms with Crippen molar-refractivity contribution in [3.63, 3.8) is 0 Å². The lowest BCUT2D eigenvalue weighted by molar-refractivity contribution is -0.187. The first kappa shape index (κ1) is 28.2. The molecule has 1 N–H and O–H groups in total. The zero-order valence-electron chi connectivity index (χ0n) is 24.3. The molecule has 0 unspecified atom stereocenters. The van der Waals surface area contributed by atoms with Gasteiger partial charge in [-0.05, 0) is 81.0 Å². The van der Waals surface area contributed by atoms with E-state index in [-0.39, 0.29) is 30.2 Å². The topological polar surface area (TPSA) is 91.0 Å². The Balaban J connectivity index is 1.16. The van der Waals surface area contributed by atoms with E-state index in [1.165, 1.54) is 6.21 Å². The maximum Gasteiger partial charge on any atom is 0.393 e. The second-order valence-corrected chi connectivity index (χ2v) is 13.0. The first-order chi connectivity index (χ1) is 20.6. The average molecular weight is 592 g/mol. The molecule has 8 nitrogen and oxygen atoms in total. The molecule has 11 heteroatoms. The number of hydrogen-bond donors (Lipinski definition) is 1. The number of pyridine rings is 1. The Hall–Kier alpha value is -3.60. The quantitative estimate of drug-likeness (QED) is 0.347. The molecule has 4 heterocycles. The van der Waals surface area contributed by atoms with Gasteiger partial charge in [-0.2, -0.15) is 13.2 Å². The summed E-state index contributed by atoms with van der Waals surface area (Å²) in [5.41, 5.74) is 4.96. The second kappa shape index (κ2) is 10.5. The van der Waals surface area contributed by atoms with Crippen LogP contribution in [0.2, 0.25) is 0 Å². The smallest absolute Gasteiger partial charge is 0.321 e. The molecular weight excluding hydrogens is 555 g/mol. The van der Waals surface area contributed by atoms with Crippen LogP contribution in [0.25, 0.3) is 0 Å². The van der Waals surface area contributed by atoms with Crippen molar-refractivity contribution < 1.29 is 18.0 Å². The Morgan fingerprint density at radius 2 is 1.98 bits per heavy atom. The van der Waals surface area contributed by atoms with Gasteiger partial charge in [-0.25, -0.2) is 0 Å². The number of anilines is 1. The van der Waals surface area contributed by atoms with E-state index in [0.717, 1.165) is 54.0 Å². The van der Waals surface area contributed by atoms with Crippen LogP contribution >= 0.6 is 0 Å². The first-order valence-corrected chi connectivity index (χ1v) is 15.2.